The molecule has 96 valence electrons. The Hall–Kier alpha value is -0.490. The first-order chi connectivity index (χ1) is 8.24. The Morgan fingerprint density at radius 2 is 2.53 bits per heavy atom. The molecular formula is C12H20N2O2S. The highest BCUT2D eigenvalue weighted by molar-refractivity contribution is 7.09. The molecule has 0 aliphatic carbocycles. The van der Waals surface area contributed by atoms with Crippen molar-refractivity contribution in [3.05, 3.63) is 16.1 Å². The molecular weight excluding hydrogens is 236 g/mol. The third-order valence-electron chi connectivity index (χ3n) is 3.35. The minimum absolute atomic E-state index is 0.0703. The van der Waals surface area contributed by atoms with Crippen LogP contribution >= 0.6 is 11.3 Å². The molecule has 2 rings (SSSR count). The molecule has 0 bridgehead atoms. The molecule has 1 saturated heterocycles. The average molecular weight is 256 g/mol. The fourth-order valence-electron chi connectivity index (χ4n) is 2.20. The molecule has 2 atom stereocenters. The van der Waals surface area contributed by atoms with E-state index < -0.39 is 0 Å². The minimum Gasteiger partial charge on any atom is -0.395 e. The molecule has 1 aliphatic rings. The van der Waals surface area contributed by atoms with Gasteiger partial charge in [0.15, 0.2) is 0 Å². The normalized spacial score (nSPS) is 23.1. The third-order valence-corrected chi connectivity index (χ3v) is 4.40. The molecule has 1 fully saturated rings. The van der Waals surface area contributed by atoms with E-state index in [1.165, 1.54) is 6.42 Å². The number of methoxy groups -OCH3 is 1. The van der Waals surface area contributed by atoms with Gasteiger partial charge in [0, 0.05) is 25.1 Å². The number of aliphatic hydroxyl groups excluding tert-OH is 1. The van der Waals surface area contributed by atoms with Crippen molar-refractivity contribution in [1.82, 2.24) is 9.88 Å². The van der Waals surface area contributed by atoms with Crippen molar-refractivity contribution < 1.29 is 9.84 Å². The van der Waals surface area contributed by atoms with E-state index in [4.69, 9.17) is 4.74 Å². The van der Waals surface area contributed by atoms with Crippen molar-refractivity contribution in [2.24, 2.45) is 0 Å². The number of aliphatic hydroxyl groups is 1. The second-order valence-corrected chi connectivity index (χ2v) is 5.39. The topological polar surface area (TPSA) is 45.6 Å². The van der Waals surface area contributed by atoms with E-state index in [-0.39, 0.29) is 12.7 Å². The molecule has 1 aromatic rings. The number of likely N-dealkylation sites (tertiary alicyclic amines) is 1. The summed E-state index contributed by atoms with van der Waals surface area (Å²) in [5.41, 5.74) is 1.09. The molecule has 0 spiro atoms. The van der Waals surface area contributed by atoms with Gasteiger partial charge < -0.3 is 9.84 Å². The van der Waals surface area contributed by atoms with Gasteiger partial charge in [0.2, 0.25) is 0 Å². The van der Waals surface area contributed by atoms with Crippen LogP contribution in [0, 0.1) is 0 Å². The van der Waals surface area contributed by atoms with Crippen LogP contribution in [-0.2, 0) is 11.3 Å². The lowest BCUT2D eigenvalue weighted by Crippen LogP contribution is -2.31. The molecule has 0 radical (unpaired) electrons. The Morgan fingerprint density at radius 3 is 3.24 bits per heavy atom. The Bertz CT molecular complexity index is 356. The maximum Gasteiger partial charge on any atom is 0.122 e. The molecule has 0 amide bonds. The Labute approximate surface area is 106 Å². The smallest absolute Gasteiger partial charge is 0.122 e. The monoisotopic (exact) mass is 256 g/mol. The second-order valence-electron chi connectivity index (χ2n) is 4.50. The van der Waals surface area contributed by atoms with Gasteiger partial charge in [-0.05, 0) is 26.3 Å². The largest absolute Gasteiger partial charge is 0.395 e. The summed E-state index contributed by atoms with van der Waals surface area (Å²) in [4.78, 5) is 6.90. The Balaban J connectivity index is 1.96. The summed E-state index contributed by atoms with van der Waals surface area (Å²) in [5, 5.41) is 12.4. The summed E-state index contributed by atoms with van der Waals surface area (Å²) in [6, 6.07) is 0.319. The van der Waals surface area contributed by atoms with E-state index in [1.807, 2.05) is 6.92 Å². The van der Waals surface area contributed by atoms with Crippen molar-refractivity contribution in [1.29, 1.82) is 0 Å². The lowest BCUT2D eigenvalue weighted by Gasteiger charge is -2.21. The lowest BCUT2D eigenvalue weighted by atomic mass is 10.2. The van der Waals surface area contributed by atoms with Gasteiger partial charge in [-0.2, -0.15) is 0 Å². The van der Waals surface area contributed by atoms with Gasteiger partial charge >= 0.3 is 0 Å². The highest BCUT2D eigenvalue weighted by Gasteiger charge is 2.24. The van der Waals surface area contributed by atoms with Crippen molar-refractivity contribution >= 4 is 11.3 Å². The molecule has 1 N–H and O–H groups in total. The number of thiazole rings is 1. The fraction of sp³-hybridized carbons (Fsp3) is 0.750. The number of ether oxygens (including phenoxy) is 1. The highest BCUT2D eigenvalue weighted by Crippen LogP contribution is 2.23. The highest BCUT2D eigenvalue weighted by atomic mass is 32.1. The maximum absolute atomic E-state index is 9.27. The van der Waals surface area contributed by atoms with Crippen LogP contribution in [0.15, 0.2) is 5.38 Å². The van der Waals surface area contributed by atoms with Crippen LogP contribution < -0.4 is 0 Å². The standard InChI is InChI=1S/C12H20N2O2S/c1-9(16-2)12-13-10(8-17-12)6-14-5-3-4-11(14)7-15/h8-9,11,15H,3-7H2,1-2H3/t9?,11-/m1/s1. The van der Waals surface area contributed by atoms with Crippen molar-refractivity contribution in [3.8, 4) is 0 Å². The number of hydrogen-bond acceptors (Lipinski definition) is 5. The van der Waals surface area contributed by atoms with Gasteiger partial charge in [-0.3, -0.25) is 4.90 Å². The molecule has 1 aliphatic heterocycles. The number of aromatic nitrogens is 1. The van der Waals surface area contributed by atoms with Crippen LogP contribution in [0.25, 0.3) is 0 Å². The zero-order chi connectivity index (χ0) is 12.3. The van der Waals surface area contributed by atoms with Crippen molar-refractivity contribution in [2.75, 3.05) is 20.3 Å². The first-order valence-electron chi connectivity index (χ1n) is 6.06. The van der Waals surface area contributed by atoms with E-state index in [0.717, 1.165) is 30.2 Å². The van der Waals surface area contributed by atoms with Crippen LogP contribution in [0.2, 0.25) is 0 Å². The van der Waals surface area contributed by atoms with Crippen LogP contribution in [0.3, 0.4) is 0 Å². The molecule has 2 heterocycles. The number of nitrogens with zero attached hydrogens (tertiary/aromatic N) is 2. The van der Waals surface area contributed by atoms with Gasteiger partial charge in [-0.25, -0.2) is 4.98 Å². The lowest BCUT2D eigenvalue weighted by molar-refractivity contribution is 0.118. The molecule has 17 heavy (non-hydrogen) atoms. The maximum atomic E-state index is 9.27. The van der Waals surface area contributed by atoms with Crippen LogP contribution in [0.1, 0.15) is 36.6 Å². The summed E-state index contributed by atoms with van der Waals surface area (Å²) in [6.45, 7) is 4.18. The van der Waals surface area contributed by atoms with Gasteiger partial charge in [-0.1, -0.05) is 0 Å². The third kappa shape index (κ3) is 3.04. The Morgan fingerprint density at radius 1 is 1.71 bits per heavy atom. The van der Waals surface area contributed by atoms with Gasteiger partial charge in [0.05, 0.1) is 12.3 Å². The Kier molecular flexibility index (Phi) is 4.50. The predicted octanol–water partition coefficient (Wildman–Crippen LogP) is 1.81. The minimum atomic E-state index is 0.0703. The van der Waals surface area contributed by atoms with E-state index in [0.29, 0.717) is 6.04 Å². The van der Waals surface area contributed by atoms with Gasteiger partial charge in [-0.15, -0.1) is 11.3 Å². The van der Waals surface area contributed by atoms with Crippen molar-refractivity contribution in [2.45, 2.75) is 38.5 Å². The van der Waals surface area contributed by atoms with Crippen LogP contribution in [-0.4, -0.2) is 41.3 Å². The van der Waals surface area contributed by atoms with E-state index in [1.54, 1.807) is 18.4 Å². The summed E-state index contributed by atoms with van der Waals surface area (Å²) >= 11 is 1.65. The first kappa shape index (κ1) is 13.0. The zero-order valence-electron chi connectivity index (χ0n) is 10.4. The molecule has 1 aromatic heterocycles. The number of rotatable bonds is 5. The summed E-state index contributed by atoms with van der Waals surface area (Å²) in [6.07, 6.45) is 2.35. The summed E-state index contributed by atoms with van der Waals surface area (Å²) < 4.78 is 5.26. The average Bonchev–Trinajstić information content (AvgIpc) is 2.97. The fourth-order valence-corrected chi connectivity index (χ4v) is 3.04. The first-order valence-corrected chi connectivity index (χ1v) is 6.94. The predicted molar refractivity (Wildman–Crippen MR) is 68.1 cm³/mol. The van der Waals surface area contributed by atoms with Gasteiger partial charge in [0.25, 0.3) is 0 Å². The second kappa shape index (κ2) is 5.91. The molecule has 5 heteroatoms. The molecule has 0 saturated carbocycles. The summed E-state index contributed by atoms with van der Waals surface area (Å²) in [5.74, 6) is 0. The van der Waals surface area contributed by atoms with Crippen LogP contribution in [0.5, 0.6) is 0 Å². The molecule has 4 nitrogen and oxygen atoms in total. The molecule has 0 aromatic carbocycles. The number of hydrogen-bond donors (Lipinski definition) is 1. The van der Waals surface area contributed by atoms with Gasteiger partial charge in [0.1, 0.15) is 11.1 Å². The quantitative estimate of drug-likeness (QED) is 0.872. The van der Waals surface area contributed by atoms with E-state index in [2.05, 4.69) is 15.3 Å². The molecule has 1 unspecified atom stereocenters. The summed E-state index contributed by atoms with van der Waals surface area (Å²) in [7, 11) is 1.70. The van der Waals surface area contributed by atoms with E-state index in [9.17, 15) is 5.11 Å². The van der Waals surface area contributed by atoms with E-state index >= 15 is 0 Å². The SMILES string of the molecule is COC(C)c1nc(CN2CCC[C@@H]2CO)cs1. The zero-order valence-corrected chi connectivity index (χ0v) is 11.2. The van der Waals surface area contributed by atoms with Crippen LogP contribution in [0.4, 0.5) is 0 Å². The van der Waals surface area contributed by atoms with Crippen molar-refractivity contribution in [3.63, 3.8) is 0 Å².